The molecule has 0 unspecified atom stereocenters. The summed E-state index contributed by atoms with van der Waals surface area (Å²) in [7, 11) is 0. The molecule has 6 rings (SSSR count). The van der Waals surface area contributed by atoms with E-state index in [0.717, 1.165) is 0 Å². The van der Waals surface area contributed by atoms with Crippen LogP contribution in [0.25, 0.3) is 22.1 Å². The van der Waals surface area contributed by atoms with Gasteiger partial charge in [0.05, 0.1) is 35.1 Å². The number of hydrogen-bond acceptors (Lipinski definition) is 14. The molecular formula is C24H28N10O9. The third-order valence-corrected chi connectivity index (χ3v) is 7.15. The SMILES string of the molecule is N#Cc1c[nH]c2c1c(=N)ncn2[C@@H]1O[C@H](CO)[C@@H](O)[C@H]1O.N#Cc1c[nH]c2c1c(=N)ncn2[C@@H]1O[C@H](CO)[C@@H](O)[C@H]1O.O. The fourth-order valence-corrected chi connectivity index (χ4v) is 4.98. The first-order valence-corrected chi connectivity index (χ1v) is 12.5. The number of aromatic nitrogens is 6. The van der Waals surface area contributed by atoms with E-state index in [2.05, 4.69) is 19.9 Å². The van der Waals surface area contributed by atoms with Gasteiger partial charge in [0, 0.05) is 12.4 Å². The number of nitrogens with zero attached hydrogens (tertiary/aromatic N) is 6. The summed E-state index contributed by atoms with van der Waals surface area (Å²) in [5.74, 6) is 0. The summed E-state index contributed by atoms with van der Waals surface area (Å²) in [6.45, 7) is -0.868. The zero-order valence-electron chi connectivity index (χ0n) is 22.0. The number of nitriles is 2. The van der Waals surface area contributed by atoms with Crippen LogP contribution in [0, 0.1) is 33.5 Å². The smallest absolute Gasteiger partial charge is 0.165 e. The average Bonchev–Trinajstić information content (AvgIpc) is 3.76. The highest BCUT2D eigenvalue weighted by atomic mass is 16.6. The largest absolute Gasteiger partial charge is 0.412 e. The van der Waals surface area contributed by atoms with Crippen LogP contribution in [0.15, 0.2) is 25.0 Å². The molecule has 19 nitrogen and oxygen atoms in total. The zero-order chi connectivity index (χ0) is 30.3. The summed E-state index contributed by atoms with van der Waals surface area (Å²) >= 11 is 0. The van der Waals surface area contributed by atoms with Gasteiger partial charge in [-0.1, -0.05) is 0 Å². The molecule has 0 bridgehead atoms. The minimum absolute atomic E-state index is 0. The van der Waals surface area contributed by atoms with Gasteiger partial charge in [-0.2, -0.15) is 10.5 Å². The van der Waals surface area contributed by atoms with Crippen LogP contribution < -0.4 is 11.0 Å². The molecule has 2 aliphatic heterocycles. The second-order valence-corrected chi connectivity index (χ2v) is 9.53. The number of aliphatic hydroxyl groups is 6. The summed E-state index contributed by atoms with van der Waals surface area (Å²) < 4.78 is 13.6. The van der Waals surface area contributed by atoms with Crippen molar-refractivity contribution in [2.24, 2.45) is 0 Å². The molecule has 2 aliphatic rings. The number of nitrogens with one attached hydrogen (secondary N) is 4. The number of fused-ring (bicyclic) bond motifs is 2. The van der Waals surface area contributed by atoms with Crippen molar-refractivity contribution < 1.29 is 45.6 Å². The number of rotatable bonds is 4. The monoisotopic (exact) mass is 600 g/mol. The quantitative estimate of drug-likeness (QED) is 0.107. The predicted octanol–water partition coefficient (Wildman–Crippen LogP) is -4.17. The Morgan fingerprint density at radius 3 is 1.42 bits per heavy atom. The molecule has 2 saturated heterocycles. The van der Waals surface area contributed by atoms with Gasteiger partial charge in [0.25, 0.3) is 0 Å². The molecule has 19 heteroatoms. The normalized spacial score (nSPS) is 28.2. The van der Waals surface area contributed by atoms with Crippen LogP contribution in [-0.2, 0) is 9.47 Å². The van der Waals surface area contributed by atoms with E-state index in [4.69, 9.17) is 41.0 Å². The van der Waals surface area contributed by atoms with E-state index in [1.165, 1.54) is 34.2 Å². The Morgan fingerprint density at radius 1 is 0.744 bits per heavy atom. The molecule has 6 heterocycles. The van der Waals surface area contributed by atoms with E-state index in [1.807, 2.05) is 12.1 Å². The maximum absolute atomic E-state index is 10.0. The number of ether oxygens (including phenoxy) is 2. The van der Waals surface area contributed by atoms with E-state index in [0.29, 0.717) is 22.1 Å². The zero-order valence-corrected chi connectivity index (χ0v) is 22.0. The Bertz CT molecular complexity index is 1690. The van der Waals surface area contributed by atoms with Crippen molar-refractivity contribution in [3.05, 3.63) is 47.2 Å². The van der Waals surface area contributed by atoms with Gasteiger partial charge in [0.15, 0.2) is 23.4 Å². The van der Waals surface area contributed by atoms with Crippen LogP contribution in [0.3, 0.4) is 0 Å². The van der Waals surface area contributed by atoms with Crippen molar-refractivity contribution in [2.75, 3.05) is 13.2 Å². The number of aliphatic hydroxyl groups excluding tert-OH is 6. The van der Waals surface area contributed by atoms with Crippen molar-refractivity contribution in [1.82, 2.24) is 29.1 Å². The number of hydrogen-bond donors (Lipinski definition) is 10. The second kappa shape index (κ2) is 12.4. The molecule has 0 radical (unpaired) electrons. The fourth-order valence-electron chi connectivity index (χ4n) is 4.98. The van der Waals surface area contributed by atoms with Gasteiger partial charge in [-0.25, -0.2) is 9.97 Å². The Morgan fingerprint density at radius 2 is 1.12 bits per heavy atom. The van der Waals surface area contributed by atoms with E-state index >= 15 is 0 Å². The van der Waals surface area contributed by atoms with E-state index in [9.17, 15) is 20.4 Å². The van der Waals surface area contributed by atoms with Crippen LogP contribution in [0.5, 0.6) is 0 Å². The maximum atomic E-state index is 10.0. The average molecular weight is 601 g/mol. The molecule has 8 atom stereocenters. The molecule has 0 saturated carbocycles. The molecule has 4 aromatic rings. The van der Waals surface area contributed by atoms with Gasteiger partial charge in [0.1, 0.15) is 72.7 Å². The highest BCUT2D eigenvalue weighted by molar-refractivity contribution is 5.82. The third-order valence-electron chi connectivity index (χ3n) is 7.15. The maximum Gasteiger partial charge on any atom is 0.165 e. The minimum Gasteiger partial charge on any atom is -0.412 e. The van der Waals surface area contributed by atoms with Crippen molar-refractivity contribution >= 4 is 22.1 Å². The lowest BCUT2D eigenvalue weighted by atomic mass is 10.1. The van der Waals surface area contributed by atoms with Gasteiger partial charge in [-0.05, 0) is 0 Å². The van der Waals surface area contributed by atoms with E-state index in [1.54, 1.807) is 0 Å². The molecule has 0 aromatic carbocycles. The lowest BCUT2D eigenvalue weighted by Gasteiger charge is -2.18. The first-order valence-electron chi connectivity index (χ1n) is 12.5. The molecule has 4 aromatic heterocycles. The van der Waals surface area contributed by atoms with Crippen LogP contribution in [0.2, 0.25) is 0 Å². The highest BCUT2D eigenvalue weighted by Gasteiger charge is 2.44. The fraction of sp³-hybridized carbons (Fsp3) is 0.417. The standard InChI is InChI=1S/2C12H13N5O4.H2O/c2*13-1-5-2-15-11-7(5)10(14)16-4-17(11)12-9(20)8(19)6(3-18)21-12;/h2*2,4,6,8-9,12,14-15,18-20H,3H2;1H2/t2*6-,8-,9-,12-;/m11./s1. The Kier molecular flexibility index (Phi) is 9.03. The Hall–Kier alpha value is -4.54. The Labute approximate surface area is 240 Å². The van der Waals surface area contributed by atoms with Crippen LogP contribution in [0.4, 0.5) is 0 Å². The van der Waals surface area contributed by atoms with Crippen LogP contribution >= 0.6 is 0 Å². The van der Waals surface area contributed by atoms with Gasteiger partial charge < -0.3 is 55.6 Å². The van der Waals surface area contributed by atoms with Crippen molar-refractivity contribution in [1.29, 1.82) is 21.3 Å². The summed E-state index contributed by atoms with van der Waals surface area (Å²) in [4.78, 5) is 13.4. The second-order valence-electron chi connectivity index (χ2n) is 9.53. The molecule has 0 amide bonds. The lowest BCUT2D eigenvalue weighted by molar-refractivity contribution is -0.0515. The first-order chi connectivity index (χ1) is 20.2. The summed E-state index contributed by atoms with van der Waals surface area (Å²) in [6.07, 6.45) is -3.33. The molecule has 0 aliphatic carbocycles. The van der Waals surface area contributed by atoms with Crippen LogP contribution in [0.1, 0.15) is 23.6 Å². The van der Waals surface area contributed by atoms with E-state index < -0.39 is 62.3 Å². The summed E-state index contributed by atoms with van der Waals surface area (Å²) in [5, 5.41) is 92.1. The molecule has 12 N–H and O–H groups in total. The summed E-state index contributed by atoms with van der Waals surface area (Å²) in [5.41, 5.74) is 1.10. The highest BCUT2D eigenvalue weighted by Crippen LogP contribution is 2.32. The minimum atomic E-state index is -1.26. The van der Waals surface area contributed by atoms with Crippen LogP contribution in [-0.4, -0.2) is 115 Å². The number of H-pyrrole nitrogens is 2. The van der Waals surface area contributed by atoms with Crippen molar-refractivity contribution in [2.45, 2.75) is 49.1 Å². The van der Waals surface area contributed by atoms with E-state index in [-0.39, 0.29) is 27.6 Å². The van der Waals surface area contributed by atoms with Gasteiger partial charge >= 0.3 is 0 Å². The van der Waals surface area contributed by atoms with Gasteiger partial charge in [0.2, 0.25) is 0 Å². The molecule has 2 fully saturated rings. The van der Waals surface area contributed by atoms with Crippen molar-refractivity contribution in [3.8, 4) is 12.1 Å². The number of aromatic amines is 2. The third kappa shape index (κ3) is 5.17. The predicted molar refractivity (Wildman–Crippen MR) is 139 cm³/mol. The van der Waals surface area contributed by atoms with Crippen molar-refractivity contribution in [3.63, 3.8) is 0 Å². The Balaban J connectivity index is 0.000000192. The first kappa shape index (κ1) is 31.4. The lowest BCUT2D eigenvalue weighted by Crippen LogP contribution is -2.33. The molecule has 43 heavy (non-hydrogen) atoms. The molecule has 0 spiro atoms. The molecule has 228 valence electrons. The molecular weight excluding hydrogens is 572 g/mol. The van der Waals surface area contributed by atoms with Gasteiger partial charge in [-0.15, -0.1) is 0 Å². The topological polar surface area (TPSA) is 334 Å². The van der Waals surface area contributed by atoms with Gasteiger partial charge in [-0.3, -0.25) is 20.0 Å². The summed E-state index contributed by atoms with van der Waals surface area (Å²) in [6, 6.07) is 3.90.